The molecule has 0 bridgehead atoms. The average Bonchev–Trinajstić information content (AvgIpc) is 2.18. The summed E-state index contributed by atoms with van der Waals surface area (Å²) in [6, 6.07) is 0.424. The highest BCUT2D eigenvalue weighted by molar-refractivity contribution is 5.82. The Hall–Kier alpha value is -0.610. The number of carbonyl (C=O) groups excluding carboxylic acids is 1. The van der Waals surface area contributed by atoms with Gasteiger partial charge in [0.2, 0.25) is 5.91 Å². The topological polar surface area (TPSA) is 49.6 Å². The molecule has 1 saturated heterocycles. The standard InChI is InChI=1S/C10H21N3O/c1-4-13-7-8(2)12(3)9(5-6-11)10(13)14/h8-9H,4-7,11H2,1-3H3. The van der Waals surface area contributed by atoms with Gasteiger partial charge < -0.3 is 10.6 Å². The van der Waals surface area contributed by atoms with Gasteiger partial charge in [0.15, 0.2) is 0 Å². The van der Waals surface area contributed by atoms with Crippen LogP contribution in [0.2, 0.25) is 0 Å². The molecule has 2 unspecified atom stereocenters. The number of nitrogens with two attached hydrogens (primary N) is 1. The lowest BCUT2D eigenvalue weighted by Crippen LogP contribution is -2.59. The summed E-state index contributed by atoms with van der Waals surface area (Å²) in [6.45, 7) is 6.39. The minimum absolute atomic E-state index is 0.0105. The van der Waals surface area contributed by atoms with Gasteiger partial charge in [-0.25, -0.2) is 0 Å². The molecule has 1 rings (SSSR count). The lowest BCUT2D eigenvalue weighted by Gasteiger charge is -2.42. The summed E-state index contributed by atoms with van der Waals surface area (Å²) >= 11 is 0. The third-order valence-electron chi connectivity index (χ3n) is 3.09. The van der Waals surface area contributed by atoms with Crippen molar-refractivity contribution in [2.45, 2.75) is 32.4 Å². The molecule has 0 aliphatic carbocycles. The van der Waals surface area contributed by atoms with E-state index < -0.39 is 0 Å². The molecule has 2 atom stereocenters. The van der Waals surface area contributed by atoms with Crippen molar-refractivity contribution in [2.75, 3.05) is 26.7 Å². The van der Waals surface area contributed by atoms with Crippen molar-refractivity contribution in [1.82, 2.24) is 9.80 Å². The SMILES string of the molecule is CCN1CC(C)N(C)C(CCN)C1=O. The highest BCUT2D eigenvalue weighted by Crippen LogP contribution is 2.16. The van der Waals surface area contributed by atoms with Gasteiger partial charge in [-0.1, -0.05) is 0 Å². The molecule has 0 aromatic carbocycles. The zero-order chi connectivity index (χ0) is 10.7. The second-order valence-corrected chi connectivity index (χ2v) is 3.98. The van der Waals surface area contributed by atoms with E-state index in [0.29, 0.717) is 12.6 Å². The largest absolute Gasteiger partial charge is 0.340 e. The van der Waals surface area contributed by atoms with Crippen LogP contribution in [-0.4, -0.2) is 54.5 Å². The Bertz CT molecular complexity index is 208. The first-order valence-electron chi connectivity index (χ1n) is 5.32. The van der Waals surface area contributed by atoms with Gasteiger partial charge >= 0.3 is 0 Å². The number of carbonyl (C=O) groups is 1. The van der Waals surface area contributed by atoms with E-state index >= 15 is 0 Å². The first kappa shape index (κ1) is 11.5. The van der Waals surface area contributed by atoms with Crippen LogP contribution >= 0.6 is 0 Å². The highest BCUT2D eigenvalue weighted by Gasteiger charge is 2.34. The second-order valence-electron chi connectivity index (χ2n) is 3.98. The van der Waals surface area contributed by atoms with Crippen LogP contribution in [0.25, 0.3) is 0 Å². The minimum Gasteiger partial charge on any atom is -0.340 e. The van der Waals surface area contributed by atoms with Crippen LogP contribution in [-0.2, 0) is 4.79 Å². The fourth-order valence-corrected chi connectivity index (χ4v) is 2.00. The van der Waals surface area contributed by atoms with Crippen LogP contribution in [0.4, 0.5) is 0 Å². The normalized spacial score (nSPS) is 29.7. The number of amides is 1. The Kier molecular flexibility index (Phi) is 3.89. The number of nitrogens with zero attached hydrogens (tertiary/aromatic N) is 2. The van der Waals surface area contributed by atoms with Gasteiger partial charge in [0.25, 0.3) is 0 Å². The van der Waals surface area contributed by atoms with Crippen molar-refractivity contribution in [1.29, 1.82) is 0 Å². The molecule has 1 aliphatic heterocycles. The van der Waals surface area contributed by atoms with E-state index in [1.54, 1.807) is 0 Å². The van der Waals surface area contributed by atoms with Gasteiger partial charge in [-0.3, -0.25) is 9.69 Å². The highest BCUT2D eigenvalue weighted by atomic mass is 16.2. The molecule has 0 aromatic rings. The fourth-order valence-electron chi connectivity index (χ4n) is 2.00. The minimum atomic E-state index is -0.0105. The molecule has 14 heavy (non-hydrogen) atoms. The number of hydrogen-bond acceptors (Lipinski definition) is 3. The van der Waals surface area contributed by atoms with Crippen molar-refractivity contribution in [3.05, 3.63) is 0 Å². The molecule has 0 aromatic heterocycles. The van der Waals surface area contributed by atoms with E-state index in [-0.39, 0.29) is 11.9 Å². The van der Waals surface area contributed by atoms with Gasteiger partial charge in [-0.05, 0) is 33.9 Å². The van der Waals surface area contributed by atoms with Crippen LogP contribution in [0.5, 0.6) is 0 Å². The lowest BCUT2D eigenvalue weighted by molar-refractivity contribution is -0.143. The molecule has 82 valence electrons. The van der Waals surface area contributed by atoms with E-state index in [9.17, 15) is 4.79 Å². The molecular formula is C10H21N3O. The Morgan fingerprint density at radius 3 is 2.71 bits per heavy atom. The molecule has 0 spiro atoms. The smallest absolute Gasteiger partial charge is 0.240 e. The molecule has 1 amide bonds. The van der Waals surface area contributed by atoms with E-state index in [4.69, 9.17) is 5.73 Å². The van der Waals surface area contributed by atoms with E-state index in [2.05, 4.69) is 11.8 Å². The molecule has 2 N–H and O–H groups in total. The number of piperazine rings is 1. The average molecular weight is 199 g/mol. The predicted octanol–water partition coefficient (Wildman–Crippen LogP) is -0.114. The Morgan fingerprint density at radius 1 is 1.57 bits per heavy atom. The lowest BCUT2D eigenvalue weighted by atomic mass is 10.0. The monoisotopic (exact) mass is 199 g/mol. The summed E-state index contributed by atoms with van der Waals surface area (Å²) in [5.74, 6) is 0.235. The Balaban J connectivity index is 2.72. The van der Waals surface area contributed by atoms with Crippen molar-refractivity contribution >= 4 is 5.91 Å². The number of rotatable bonds is 3. The molecule has 0 saturated carbocycles. The van der Waals surface area contributed by atoms with Gasteiger partial charge in [-0.15, -0.1) is 0 Å². The summed E-state index contributed by atoms with van der Waals surface area (Å²) in [6.07, 6.45) is 0.760. The predicted molar refractivity (Wildman–Crippen MR) is 56.9 cm³/mol. The second kappa shape index (κ2) is 4.75. The third-order valence-corrected chi connectivity index (χ3v) is 3.09. The fraction of sp³-hybridized carbons (Fsp3) is 0.900. The maximum atomic E-state index is 11.9. The van der Waals surface area contributed by atoms with Crippen molar-refractivity contribution in [3.63, 3.8) is 0 Å². The summed E-state index contributed by atoms with van der Waals surface area (Å²) in [5.41, 5.74) is 5.52. The zero-order valence-corrected chi connectivity index (χ0v) is 9.36. The molecule has 1 heterocycles. The summed E-state index contributed by atoms with van der Waals surface area (Å²) < 4.78 is 0. The zero-order valence-electron chi connectivity index (χ0n) is 9.36. The molecule has 1 aliphatic rings. The molecule has 4 nitrogen and oxygen atoms in total. The quantitative estimate of drug-likeness (QED) is 0.690. The Morgan fingerprint density at radius 2 is 2.21 bits per heavy atom. The van der Waals surface area contributed by atoms with E-state index in [0.717, 1.165) is 19.5 Å². The maximum absolute atomic E-state index is 11.9. The summed E-state index contributed by atoms with van der Waals surface area (Å²) in [7, 11) is 2.01. The summed E-state index contributed by atoms with van der Waals surface area (Å²) in [4.78, 5) is 16.0. The van der Waals surface area contributed by atoms with Crippen LogP contribution < -0.4 is 5.73 Å². The molecule has 4 heteroatoms. The number of likely N-dealkylation sites (N-methyl/N-ethyl adjacent to an activating group) is 2. The maximum Gasteiger partial charge on any atom is 0.240 e. The first-order chi connectivity index (χ1) is 6.61. The van der Waals surface area contributed by atoms with Gasteiger partial charge in [-0.2, -0.15) is 0 Å². The molecule has 1 fully saturated rings. The van der Waals surface area contributed by atoms with Crippen LogP contribution in [0, 0.1) is 0 Å². The van der Waals surface area contributed by atoms with E-state index in [1.165, 1.54) is 0 Å². The summed E-state index contributed by atoms with van der Waals surface area (Å²) in [5, 5.41) is 0. The van der Waals surface area contributed by atoms with Crippen LogP contribution in [0.3, 0.4) is 0 Å². The first-order valence-corrected chi connectivity index (χ1v) is 5.32. The van der Waals surface area contributed by atoms with Gasteiger partial charge in [0.1, 0.15) is 0 Å². The van der Waals surface area contributed by atoms with Crippen molar-refractivity contribution < 1.29 is 4.79 Å². The number of hydrogen-bond donors (Lipinski definition) is 1. The third kappa shape index (κ3) is 2.07. The van der Waals surface area contributed by atoms with Crippen molar-refractivity contribution in [2.24, 2.45) is 5.73 Å². The van der Waals surface area contributed by atoms with Gasteiger partial charge in [0, 0.05) is 19.1 Å². The van der Waals surface area contributed by atoms with Crippen LogP contribution in [0.1, 0.15) is 20.3 Å². The Labute approximate surface area is 86.0 Å². The molecular weight excluding hydrogens is 178 g/mol. The molecule has 0 radical (unpaired) electrons. The van der Waals surface area contributed by atoms with E-state index in [1.807, 2.05) is 18.9 Å². The van der Waals surface area contributed by atoms with Crippen molar-refractivity contribution in [3.8, 4) is 0 Å². The van der Waals surface area contributed by atoms with Gasteiger partial charge in [0.05, 0.1) is 6.04 Å². The van der Waals surface area contributed by atoms with Crippen LogP contribution in [0.15, 0.2) is 0 Å².